The summed E-state index contributed by atoms with van der Waals surface area (Å²) in [5.74, 6) is -0.171. The first-order valence-corrected chi connectivity index (χ1v) is 7.19. The molecule has 0 aliphatic carbocycles. The van der Waals surface area contributed by atoms with Crippen molar-refractivity contribution in [3.05, 3.63) is 50.6 Å². The molecule has 2 aromatic rings. The monoisotopic (exact) mass is 355 g/mol. The van der Waals surface area contributed by atoms with Gasteiger partial charge in [0.15, 0.2) is 11.6 Å². The molecule has 0 spiro atoms. The fourth-order valence-corrected chi connectivity index (χ4v) is 2.26. The van der Waals surface area contributed by atoms with Gasteiger partial charge in [-0.25, -0.2) is 9.07 Å². The van der Waals surface area contributed by atoms with Crippen molar-refractivity contribution < 1.29 is 9.13 Å². The second-order valence-corrected chi connectivity index (χ2v) is 5.15. The first-order chi connectivity index (χ1) is 10.0. The van der Waals surface area contributed by atoms with Gasteiger partial charge in [-0.15, -0.1) is 0 Å². The van der Waals surface area contributed by atoms with Crippen LogP contribution < -0.4 is 15.6 Å². The van der Waals surface area contributed by atoms with Crippen LogP contribution in [0.1, 0.15) is 12.5 Å². The van der Waals surface area contributed by atoms with Crippen LogP contribution in [0.3, 0.4) is 0 Å². The average Bonchev–Trinajstić information content (AvgIpc) is 2.47. The van der Waals surface area contributed by atoms with Gasteiger partial charge in [-0.1, -0.05) is 6.07 Å². The zero-order valence-electron chi connectivity index (χ0n) is 11.7. The van der Waals surface area contributed by atoms with Crippen molar-refractivity contribution in [3.63, 3.8) is 0 Å². The summed E-state index contributed by atoms with van der Waals surface area (Å²) in [6.45, 7) is 2.59. The summed E-state index contributed by atoms with van der Waals surface area (Å²) in [7, 11) is 1.57. The molecule has 0 radical (unpaired) electrons. The lowest BCUT2D eigenvalue weighted by molar-refractivity contribution is 0.321. The van der Waals surface area contributed by atoms with Gasteiger partial charge in [0.1, 0.15) is 4.47 Å². The molecule has 0 bridgehead atoms. The number of nitrogens with one attached hydrogen (secondary N) is 1. The van der Waals surface area contributed by atoms with Crippen LogP contribution in [0.2, 0.25) is 0 Å². The van der Waals surface area contributed by atoms with E-state index in [9.17, 15) is 9.18 Å². The lowest BCUT2D eigenvalue weighted by atomic mass is 10.2. The van der Waals surface area contributed by atoms with Gasteiger partial charge in [-0.2, -0.15) is 5.10 Å². The van der Waals surface area contributed by atoms with E-state index in [1.807, 2.05) is 0 Å². The number of halogens is 2. The van der Waals surface area contributed by atoms with Gasteiger partial charge in [0.05, 0.1) is 18.5 Å². The van der Waals surface area contributed by atoms with Gasteiger partial charge in [0.2, 0.25) is 0 Å². The normalized spacial score (nSPS) is 10.5. The Balaban J connectivity index is 2.12. The Bertz CT molecular complexity index is 703. The molecule has 0 aliphatic heterocycles. The molecule has 112 valence electrons. The largest absolute Gasteiger partial charge is 0.491 e. The van der Waals surface area contributed by atoms with Crippen LogP contribution in [0, 0.1) is 5.82 Å². The number of hydrogen-bond acceptors (Lipinski definition) is 4. The second kappa shape index (κ2) is 6.71. The Morgan fingerprint density at radius 3 is 2.90 bits per heavy atom. The van der Waals surface area contributed by atoms with Gasteiger partial charge in [-0.3, -0.25) is 4.79 Å². The summed E-state index contributed by atoms with van der Waals surface area (Å²) in [4.78, 5) is 11.7. The van der Waals surface area contributed by atoms with E-state index < -0.39 is 5.82 Å². The number of anilines is 1. The van der Waals surface area contributed by atoms with E-state index in [4.69, 9.17) is 4.74 Å². The molecule has 0 amide bonds. The summed E-state index contributed by atoms with van der Waals surface area (Å²) in [6.07, 6.45) is 1.54. The molecular formula is C14H15BrFN3O2. The number of aromatic nitrogens is 2. The summed E-state index contributed by atoms with van der Waals surface area (Å²) >= 11 is 3.22. The minimum absolute atomic E-state index is 0.234. The number of ether oxygens (including phenoxy) is 1. The highest BCUT2D eigenvalue weighted by Gasteiger charge is 2.08. The first kappa shape index (κ1) is 15.5. The molecule has 21 heavy (non-hydrogen) atoms. The van der Waals surface area contributed by atoms with E-state index in [2.05, 4.69) is 26.3 Å². The standard InChI is InChI=1S/C14H15BrFN3O2/c1-3-21-12-5-4-9(6-10(12)16)7-17-11-8-18-19(2)14(20)13(11)15/h4-6,8,17H,3,7H2,1-2H3. The maximum Gasteiger partial charge on any atom is 0.282 e. The van der Waals surface area contributed by atoms with Crippen molar-refractivity contribution in [2.45, 2.75) is 13.5 Å². The van der Waals surface area contributed by atoms with Gasteiger partial charge in [0, 0.05) is 13.6 Å². The number of aryl methyl sites for hydroxylation is 1. The van der Waals surface area contributed by atoms with Crippen LogP contribution in [0.4, 0.5) is 10.1 Å². The quantitative estimate of drug-likeness (QED) is 0.895. The number of hydrogen-bond donors (Lipinski definition) is 1. The maximum absolute atomic E-state index is 13.7. The molecular weight excluding hydrogens is 341 g/mol. The first-order valence-electron chi connectivity index (χ1n) is 6.39. The number of benzene rings is 1. The van der Waals surface area contributed by atoms with Crippen molar-refractivity contribution >= 4 is 21.6 Å². The van der Waals surface area contributed by atoms with Gasteiger partial charge < -0.3 is 10.1 Å². The van der Waals surface area contributed by atoms with E-state index in [0.29, 0.717) is 23.3 Å². The fourth-order valence-electron chi connectivity index (χ4n) is 1.76. The van der Waals surface area contributed by atoms with Crippen molar-refractivity contribution in [3.8, 4) is 5.75 Å². The summed E-state index contributed by atoms with van der Waals surface area (Å²) in [5.41, 5.74) is 1.06. The van der Waals surface area contributed by atoms with Crippen LogP contribution >= 0.6 is 15.9 Å². The topological polar surface area (TPSA) is 56.1 Å². The fraction of sp³-hybridized carbons (Fsp3) is 0.286. The maximum atomic E-state index is 13.7. The number of rotatable bonds is 5. The molecule has 1 aromatic heterocycles. The molecule has 2 rings (SSSR count). The van der Waals surface area contributed by atoms with Crippen LogP contribution in [0.25, 0.3) is 0 Å². The third-order valence-electron chi connectivity index (χ3n) is 2.86. The number of nitrogens with zero attached hydrogens (tertiary/aromatic N) is 2. The van der Waals surface area contributed by atoms with E-state index in [1.54, 1.807) is 26.1 Å². The molecule has 0 atom stereocenters. The second-order valence-electron chi connectivity index (χ2n) is 4.35. The lowest BCUT2D eigenvalue weighted by Gasteiger charge is -2.10. The average molecular weight is 356 g/mol. The molecule has 5 nitrogen and oxygen atoms in total. The minimum Gasteiger partial charge on any atom is -0.491 e. The highest BCUT2D eigenvalue weighted by atomic mass is 79.9. The van der Waals surface area contributed by atoms with Crippen LogP contribution in [-0.4, -0.2) is 16.4 Å². The Morgan fingerprint density at radius 2 is 2.24 bits per heavy atom. The van der Waals surface area contributed by atoms with Gasteiger partial charge in [0.25, 0.3) is 5.56 Å². The van der Waals surface area contributed by atoms with E-state index in [0.717, 1.165) is 5.56 Å². The molecule has 0 saturated heterocycles. The van der Waals surface area contributed by atoms with E-state index in [-0.39, 0.29) is 11.3 Å². The molecule has 0 unspecified atom stereocenters. The van der Waals surface area contributed by atoms with E-state index >= 15 is 0 Å². The summed E-state index contributed by atoms with van der Waals surface area (Å²) in [6, 6.07) is 4.76. The molecule has 7 heteroatoms. The summed E-state index contributed by atoms with van der Waals surface area (Å²) in [5, 5.41) is 6.97. The smallest absolute Gasteiger partial charge is 0.282 e. The Labute approximate surface area is 129 Å². The molecule has 0 fully saturated rings. The van der Waals surface area contributed by atoms with Crippen LogP contribution in [-0.2, 0) is 13.6 Å². The lowest BCUT2D eigenvalue weighted by Crippen LogP contribution is -2.21. The SMILES string of the molecule is CCOc1ccc(CNc2cnn(C)c(=O)c2Br)cc1F. The molecule has 1 heterocycles. The zero-order valence-corrected chi connectivity index (χ0v) is 13.3. The predicted octanol–water partition coefficient (Wildman–Crippen LogP) is 2.69. The van der Waals surface area contributed by atoms with Crippen LogP contribution in [0.5, 0.6) is 5.75 Å². The third kappa shape index (κ3) is 3.60. The molecule has 1 aromatic carbocycles. The Hall–Kier alpha value is -1.89. The summed E-state index contributed by atoms with van der Waals surface area (Å²) < 4.78 is 20.5. The highest BCUT2D eigenvalue weighted by Crippen LogP contribution is 2.20. The van der Waals surface area contributed by atoms with Crippen molar-refractivity contribution in [1.29, 1.82) is 0 Å². The van der Waals surface area contributed by atoms with Crippen molar-refractivity contribution in [1.82, 2.24) is 9.78 Å². The van der Waals surface area contributed by atoms with Gasteiger partial charge >= 0.3 is 0 Å². The molecule has 0 saturated carbocycles. The molecule has 0 aliphatic rings. The van der Waals surface area contributed by atoms with E-state index in [1.165, 1.54) is 16.9 Å². The van der Waals surface area contributed by atoms with Gasteiger partial charge in [-0.05, 0) is 40.5 Å². The Morgan fingerprint density at radius 1 is 1.48 bits per heavy atom. The minimum atomic E-state index is -0.405. The Kier molecular flexibility index (Phi) is 4.95. The van der Waals surface area contributed by atoms with Crippen LogP contribution in [0.15, 0.2) is 33.7 Å². The predicted molar refractivity (Wildman–Crippen MR) is 82.1 cm³/mol. The third-order valence-corrected chi connectivity index (χ3v) is 3.62. The highest BCUT2D eigenvalue weighted by molar-refractivity contribution is 9.10. The molecule has 1 N–H and O–H groups in total. The zero-order chi connectivity index (χ0) is 15.4. The van der Waals surface area contributed by atoms with Crippen molar-refractivity contribution in [2.24, 2.45) is 7.05 Å². The van der Waals surface area contributed by atoms with Crippen molar-refractivity contribution in [2.75, 3.05) is 11.9 Å².